The molecule has 20 N–H and O–H groups in total. The van der Waals surface area contributed by atoms with Gasteiger partial charge < -0.3 is 155 Å². The standard InChI is InChI=1S/C48H80N6O31/c1-13(56)49-25-37(68)32(63)20(80-43(25)74)8-75-45-27(51-15(3)58)39(70)34(65)22(82-45)10-77-47-29(53-17(5)60)41(72)36(67)24(84-47)12-79-48-30(54-18(6)61)42(73)35(66)23(85-48)11-78-46-28(52-16(4)59)40(71)33(64)21(83-46)9-76-44-26(50-14(2)57)38(69)31(62)19(7-55)81-44/h19-48,55,62-74H,7-12H2,1-6H3,(H,49,56)(H,50,57)(H,51,58)(H,52,59)(H,53,60)(H,54,61)/t19-,20-,21-,22-,23-,24-,25-,26-,27-,28-,29-,30-,31-,32-,33-,34-,35-,36-,37-,38-,39-,40-,41-,42-,43?,44-,45-,46-,47-,48-/m1/s1. The molecule has 0 aromatic heterocycles. The lowest BCUT2D eigenvalue weighted by Crippen LogP contribution is -2.68. The number of carbonyl (C=O) groups excluding carboxylic acids is 6. The van der Waals surface area contributed by atoms with E-state index in [1.54, 1.807) is 0 Å². The lowest BCUT2D eigenvalue weighted by Gasteiger charge is -2.47. The van der Waals surface area contributed by atoms with Gasteiger partial charge in [-0.05, 0) is 0 Å². The van der Waals surface area contributed by atoms with E-state index in [0.717, 1.165) is 41.5 Å². The zero-order chi connectivity index (χ0) is 63.0. The molecule has 6 heterocycles. The highest BCUT2D eigenvalue weighted by atomic mass is 16.8. The minimum absolute atomic E-state index is 0.661. The zero-order valence-corrected chi connectivity index (χ0v) is 46.8. The summed E-state index contributed by atoms with van der Waals surface area (Å²) in [6, 6.07) is -9.14. The average molecular weight is 1240 g/mol. The van der Waals surface area contributed by atoms with Gasteiger partial charge in [-0.25, -0.2) is 0 Å². The number of aliphatic hydroxyl groups is 14. The average Bonchev–Trinajstić information content (AvgIpc) is 2.71. The first-order chi connectivity index (χ1) is 39.9. The third-order valence-corrected chi connectivity index (χ3v) is 14.7. The molecule has 1 unspecified atom stereocenters. The van der Waals surface area contributed by atoms with E-state index in [9.17, 15) is 100 Å². The summed E-state index contributed by atoms with van der Waals surface area (Å²) in [6.45, 7) is 1.86. The minimum Gasteiger partial charge on any atom is -0.394 e. The molecule has 6 amide bonds. The molecule has 37 nitrogen and oxygen atoms in total. The summed E-state index contributed by atoms with van der Waals surface area (Å²) in [6.07, 6.45) is -42.0. The van der Waals surface area contributed by atoms with Crippen molar-refractivity contribution >= 4 is 35.4 Å². The van der Waals surface area contributed by atoms with E-state index in [-0.39, 0.29) is 0 Å². The third kappa shape index (κ3) is 17.4. The van der Waals surface area contributed by atoms with Gasteiger partial charge in [0.2, 0.25) is 35.4 Å². The first-order valence-electron chi connectivity index (χ1n) is 27.0. The van der Waals surface area contributed by atoms with Gasteiger partial charge in [-0.2, -0.15) is 0 Å². The summed E-state index contributed by atoms with van der Waals surface area (Å²) >= 11 is 0. The number of carbonyl (C=O) groups is 6. The van der Waals surface area contributed by atoms with Crippen molar-refractivity contribution in [1.82, 2.24) is 31.9 Å². The Morgan fingerprint density at radius 3 is 0.671 bits per heavy atom. The van der Waals surface area contributed by atoms with Crippen LogP contribution in [0.1, 0.15) is 41.5 Å². The number of aliphatic hydroxyl groups excluding tert-OH is 14. The summed E-state index contributed by atoms with van der Waals surface area (Å²) < 4.78 is 64.0. The molecule has 6 aliphatic rings. The van der Waals surface area contributed by atoms with E-state index >= 15 is 0 Å². The second-order valence-corrected chi connectivity index (χ2v) is 21.4. The van der Waals surface area contributed by atoms with Crippen LogP contribution in [-0.2, 0) is 80.9 Å². The van der Waals surface area contributed by atoms with Crippen molar-refractivity contribution in [2.24, 2.45) is 0 Å². The summed E-state index contributed by atoms with van der Waals surface area (Å²) in [5, 5.41) is 167. The van der Waals surface area contributed by atoms with Gasteiger partial charge in [0.1, 0.15) is 146 Å². The highest BCUT2D eigenvalue weighted by molar-refractivity contribution is 5.75. The molecule has 37 heteroatoms. The van der Waals surface area contributed by atoms with Crippen LogP contribution in [0.3, 0.4) is 0 Å². The molecule has 0 aromatic rings. The zero-order valence-electron chi connectivity index (χ0n) is 46.8. The molecular formula is C48H80N6O31. The van der Waals surface area contributed by atoms with Crippen LogP contribution in [0.4, 0.5) is 0 Å². The molecule has 0 aliphatic carbocycles. The van der Waals surface area contributed by atoms with Crippen LogP contribution in [0.5, 0.6) is 0 Å². The molecule has 85 heavy (non-hydrogen) atoms. The van der Waals surface area contributed by atoms with Crippen molar-refractivity contribution in [3.8, 4) is 0 Å². The lowest BCUT2D eigenvalue weighted by molar-refractivity contribution is -0.326. The van der Waals surface area contributed by atoms with Crippen molar-refractivity contribution in [3.63, 3.8) is 0 Å². The maximum absolute atomic E-state index is 12.4. The van der Waals surface area contributed by atoms with E-state index in [4.69, 9.17) is 52.1 Å². The molecule has 6 saturated heterocycles. The second kappa shape index (κ2) is 30.8. The van der Waals surface area contributed by atoms with E-state index in [2.05, 4.69) is 31.9 Å². The van der Waals surface area contributed by atoms with Crippen LogP contribution in [-0.4, -0.2) is 330 Å². The first kappa shape index (κ1) is 69.9. The van der Waals surface area contributed by atoms with Crippen LogP contribution < -0.4 is 31.9 Å². The third-order valence-electron chi connectivity index (χ3n) is 14.7. The Morgan fingerprint density at radius 1 is 0.282 bits per heavy atom. The van der Waals surface area contributed by atoms with Crippen molar-refractivity contribution in [3.05, 3.63) is 0 Å². The summed E-state index contributed by atoms with van der Waals surface area (Å²) in [5.74, 6) is -4.34. The Bertz CT molecular complexity index is 2230. The van der Waals surface area contributed by atoms with Crippen LogP contribution in [0, 0.1) is 0 Å². The molecule has 6 rings (SSSR count). The van der Waals surface area contributed by atoms with E-state index in [1.165, 1.54) is 0 Å². The van der Waals surface area contributed by atoms with Crippen LogP contribution in [0.15, 0.2) is 0 Å². The van der Waals surface area contributed by atoms with Crippen molar-refractivity contribution in [1.29, 1.82) is 0 Å². The minimum atomic E-state index is -1.94. The Kier molecular flexibility index (Phi) is 25.4. The highest BCUT2D eigenvalue weighted by Gasteiger charge is 2.54. The van der Waals surface area contributed by atoms with Crippen molar-refractivity contribution < 1.29 is 152 Å². The normalized spacial score (nSPS) is 44.0. The molecular weight excluding hydrogens is 1160 g/mol. The van der Waals surface area contributed by atoms with Gasteiger partial charge in [0.05, 0.1) is 39.6 Å². The number of amides is 6. The monoisotopic (exact) mass is 1240 g/mol. The fourth-order valence-electron chi connectivity index (χ4n) is 10.4. The predicted octanol–water partition coefficient (Wildman–Crippen LogP) is -13.2. The summed E-state index contributed by atoms with van der Waals surface area (Å²) in [5.41, 5.74) is 0. The molecule has 0 bridgehead atoms. The number of ether oxygens (including phenoxy) is 11. The van der Waals surface area contributed by atoms with Crippen LogP contribution in [0.2, 0.25) is 0 Å². The number of rotatable bonds is 22. The van der Waals surface area contributed by atoms with E-state index < -0.39 is 259 Å². The molecule has 488 valence electrons. The van der Waals surface area contributed by atoms with E-state index in [1.807, 2.05) is 0 Å². The molecule has 6 aliphatic heterocycles. The van der Waals surface area contributed by atoms with Crippen molar-refractivity contribution in [2.45, 2.75) is 225 Å². The Balaban J connectivity index is 1.14. The van der Waals surface area contributed by atoms with Gasteiger partial charge in [-0.15, -0.1) is 0 Å². The lowest BCUT2D eigenvalue weighted by atomic mass is 9.95. The highest BCUT2D eigenvalue weighted by Crippen LogP contribution is 2.32. The molecule has 30 atom stereocenters. The fraction of sp³-hybridized carbons (Fsp3) is 0.875. The van der Waals surface area contributed by atoms with Gasteiger partial charge >= 0.3 is 0 Å². The van der Waals surface area contributed by atoms with Crippen molar-refractivity contribution in [2.75, 3.05) is 39.6 Å². The number of hydrogen-bond acceptors (Lipinski definition) is 31. The topological polar surface area (TPSA) is 559 Å². The molecule has 0 saturated carbocycles. The molecule has 0 aromatic carbocycles. The van der Waals surface area contributed by atoms with Gasteiger partial charge in [-0.3, -0.25) is 28.8 Å². The van der Waals surface area contributed by atoms with Crippen LogP contribution >= 0.6 is 0 Å². The number of hydrogen-bond donors (Lipinski definition) is 20. The van der Waals surface area contributed by atoms with Gasteiger partial charge in [0.25, 0.3) is 0 Å². The predicted molar refractivity (Wildman–Crippen MR) is 269 cm³/mol. The Morgan fingerprint density at radius 2 is 0.459 bits per heavy atom. The fourth-order valence-corrected chi connectivity index (χ4v) is 10.4. The molecule has 0 spiro atoms. The summed E-state index contributed by atoms with van der Waals surface area (Å²) in [4.78, 5) is 73.0. The maximum Gasteiger partial charge on any atom is 0.217 e. The SMILES string of the molecule is CC(=O)N[C@H]1[C@H](OC[C@H]2O[C@@H](OC[C@H]3O[C@@H](OC[C@H]4O[C@@H](OC[C@H]5O[C@@H](OC[C@H]6OC(O)[C@H](NC(C)=O)[C@@H](O)[C@@H]6O)[C@H](NC(C)=O)[C@@H](O)[C@@H]5O)[C@H](NC(C)=O)[C@@H](O)[C@@H]4O)[C@H](NC(C)=O)[C@@H](O)[C@@H]3O)[C@H](NC(C)=O)[C@@H](O)[C@@H]2O)O[C@H](CO)[C@@H](O)[C@@H]1O. The Labute approximate surface area is 483 Å². The maximum atomic E-state index is 12.4. The quantitative estimate of drug-likeness (QED) is 0.0479. The van der Waals surface area contributed by atoms with Gasteiger partial charge in [-0.1, -0.05) is 0 Å². The second-order valence-electron chi connectivity index (χ2n) is 21.4. The Hall–Kier alpha value is -4.18. The van der Waals surface area contributed by atoms with Gasteiger partial charge in [0, 0.05) is 41.5 Å². The first-order valence-corrected chi connectivity index (χ1v) is 27.0. The van der Waals surface area contributed by atoms with E-state index in [0.29, 0.717) is 0 Å². The summed E-state index contributed by atoms with van der Waals surface area (Å²) in [7, 11) is 0. The smallest absolute Gasteiger partial charge is 0.217 e. The largest absolute Gasteiger partial charge is 0.394 e. The molecule has 6 fully saturated rings. The van der Waals surface area contributed by atoms with Gasteiger partial charge in [0.15, 0.2) is 37.7 Å². The van der Waals surface area contributed by atoms with Crippen LogP contribution in [0.25, 0.3) is 0 Å². The molecule has 0 radical (unpaired) electrons. The number of nitrogens with one attached hydrogen (secondary N) is 6.